The fraction of sp³-hybridized carbons (Fsp3) is 0.235. The van der Waals surface area contributed by atoms with Crippen molar-refractivity contribution in [3.8, 4) is 0 Å². The van der Waals surface area contributed by atoms with E-state index in [4.69, 9.17) is 11.6 Å². The van der Waals surface area contributed by atoms with Crippen molar-refractivity contribution in [2.24, 2.45) is 0 Å². The fourth-order valence-corrected chi connectivity index (χ4v) is 2.17. The summed E-state index contributed by atoms with van der Waals surface area (Å²) in [6.45, 7) is 4.31. The molecule has 1 N–H and O–H groups in total. The molecule has 0 aliphatic carbocycles. The first-order valence-corrected chi connectivity index (χ1v) is 7.06. The zero-order chi connectivity index (χ0) is 14.5. The molecule has 2 nitrogen and oxygen atoms in total. The monoisotopic (exact) mass is 287 g/mol. The van der Waals surface area contributed by atoms with E-state index in [2.05, 4.69) is 31.3 Å². The molecule has 20 heavy (non-hydrogen) atoms. The van der Waals surface area contributed by atoms with Crippen LogP contribution in [0.15, 0.2) is 48.5 Å². The molecule has 2 aromatic rings. The highest BCUT2D eigenvalue weighted by Crippen LogP contribution is 2.17. The number of carbonyl (C=O) groups is 1. The van der Waals surface area contributed by atoms with Crippen LogP contribution in [0.25, 0.3) is 0 Å². The van der Waals surface area contributed by atoms with E-state index in [0.717, 1.165) is 11.3 Å². The lowest BCUT2D eigenvalue weighted by atomic mass is 10.0. The molecule has 0 saturated carbocycles. The molecule has 0 radical (unpaired) electrons. The second-order valence-electron chi connectivity index (χ2n) is 5.13. The second kappa shape index (κ2) is 6.58. The van der Waals surface area contributed by atoms with Gasteiger partial charge < -0.3 is 5.32 Å². The minimum Gasteiger partial charge on any atom is -0.326 e. The number of rotatable bonds is 4. The van der Waals surface area contributed by atoms with E-state index in [0.29, 0.717) is 17.4 Å². The normalized spacial score (nSPS) is 10.6. The Morgan fingerprint density at radius 2 is 1.85 bits per heavy atom. The molecule has 0 spiro atoms. The number of hydrogen-bond acceptors (Lipinski definition) is 1. The predicted octanol–water partition coefficient (Wildman–Crippen LogP) is 4.64. The molecule has 0 aliphatic rings. The van der Waals surface area contributed by atoms with Crippen LogP contribution in [0, 0.1) is 0 Å². The number of nitrogens with one attached hydrogen (secondary N) is 1. The molecule has 0 fully saturated rings. The molecule has 0 bridgehead atoms. The van der Waals surface area contributed by atoms with Crippen molar-refractivity contribution >= 4 is 23.2 Å². The molecular formula is C17H18ClNO. The molecule has 2 rings (SSSR count). The molecule has 0 aliphatic heterocycles. The average Bonchev–Trinajstić information content (AvgIpc) is 2.39. The van der Waals surface area contributed by atoms with Crippen molar-refractivity contribution in [1.29, 1.82) is 0 Å². The van der Waals surface area contributed by atoms with Crippen LogP contribution in [0.3, 0.4) is 0 Å². The SMILES string of the molecule is CC(C)c1ccc(CC(=O)Nc2cccc(Cl)c2)cc1. The Morgan fingerprint density at radius 3 is 2.45 bits per heavy atom. The van der Waals surface area contributed by atoms with Crippen LogP contribution in [-0.2, 0) is 11.2 Å². The summed E-state index contributed by atoms with van der Waals surface area (Å²) in [5, 5.41) is 3.46. The van der Waals surface area contributed by atoms with Crippen LogP contribution in [0.5, 0.6) is 0 Å². The molecule has 0 aromatic heterocycles. The lowest BCUT2D eigenvalue weighted by molar-refractivity contribution is -0.115. The molecule has 0 unspecified atom stereocenters. The third-order valence-corrected chi connectivity index (χ3v) is 3.35. The molecule has 1 amide bonds. The highest BCUT2D eigenvalue weighted by molar-refractivity contribution is 6.30. The maximum Gasteiger partial charge on any atom is 0.228 e. The highest BCUT2D eigenvalue weighted by Gasteiger charge is 2.05. The minimum absolute atomic E-state index is 0.0374. The standard InChI is InChI=1S/C17H18ClNO/c1-12(2)14-8-6-13(7-9-14)10-17(20)19-16-5-3-4-15(18)11-16/h3-9,11-12H,10H2,1-2H3,(H,19,20). The number of amides is 1. The first-order chi connectivity index (χ1) is 9.54. The van der Waals surface area contributed by atoms with E-state index in [-0.39, 0.29) is 5.91 Å². The Hall–Kier alpha value is -1.80. The van der Waals surface area contributed by atoms with E-state index in [1.54, 1.807) is 12.1 Å². The lowest BCUT2D eigenvalue weighted by Crippen LogP contribution is -2.14. The van der Waals surface area contributed by atoms with Crippen LogP contribution < -0.4 is 5.32 Å². The number of carbonyl (C=O) groups excluding carboxylic acids is 1. The van der Waals surface area contributed by atoms with Crippen LogP contribution in [-0.4, -0.2) is 5.91 Å². The van der Waals surface area contributed by atoms with Gasteiger partial charge in [0.05, 0.1) is 6.42 Å². The second-order valence-corrected chi connectivity index (χ2v) is 5.57. The predicted molar refractivity (Wildman–Crippen MR) is 84.3 cm³/mol. The van der Waals surface area contributed by atoms with Gasteiger partial charge in [0, 0.05) is 10.7 Å². The molecule has 104 valence electrons. The number of hydrogen-bond donors (Lipinski definition) is 1. The van der Waals surface area contributed by atoms with Crippen LogP contribution in [0.4, 0.5) is 5.69 Å². The quantitative estimate of drug-likeness (QED) is 0.872. The Kier molecular flexibility index (Phi) is 4.80. The smallest absolute Gasteiger partial charge is 0.228 e. The van der Waals surface area contributed by atoms with Crippen molar-refractivity contribution in [3.63, 3.8) is 0 Å². The summed E-state index contributed by atoms with van der Waals surface area (Å²) < 4.78 is 0. The summed E-state index contributed by atoms with van der Waals surface area (Å²) >= 11 is 5.88. The van der Waals surface area contributed by atoms with Gasteiger partial charge in [0.25, 0.3) is 0 Å². The third kappa shape index (κ3) is 4.10. The van der Waals surface area contributed by atoms with Gasteiger partial charge in [-0.1, -0.05) is 55.8 Å². The molecular weight excluding hydrogens is 270 g/mol. The van der Waals surface area contributed by atoms with Gasteiger partial charge in [-0.25, -0.2) is 0 Å². The van der Waals surface area contributed by atoms with Crippen LogP contribution in [0.2, 0.25) is 5.02 Å². The molecule has 3 heteroatoms. The Morgan fingerprint density at radius 1 is 1.15 bits per heavy atom. The fourth-order valence-electron chi connectivity index (χ4n) is 1.98. The van der Waals surface area contributed by atoms with Gasteiger partial charge in [0.2, 0.25) is 5.91 Å². The first-order valence-electron chi connectivity index (χ1n) is 6.69. The minimum atomic E-state index is -0.0374. The molecule has 0 atom stereocenters. The van der Waals surface area contributed by atoms with E-state index in [1.807, 2.05) is 24.3 Å². The van der Waals surface area contributed by atoms with Crippen molar-refractivity contribution < 1.29 is 4.79 Å². The summed E-state index contributed by atoms with van der Waals surface area (Å²) in [6, 6.07) is 15.3. The van der Waals surface area contributed by atoms with E-state index in [9.17, 15) is 4.79 Å². The highest BCUT2D eigenvalue weighted by atomic mass is 35.5. The van der Waals surface area contributed by atoms with Gasteiger partial charge in [-0.15, -0.1) is 0 Å². The molecule has 0 saturated heterocycles. The van der Waals surface area contributed by atoms with Gasteiger partial charge >= 0.3 is 0 Å². The van der Waals surface area contributed by atoms with E-state index >= 15 is 0 Å². The van der Waals surface area contributed by atoms with Crippen LogP contribution >= 0.6 is 11.6 Å². The lowest BCUT2D eigenvalue weighted by Gasteiger charge is -2.08. The maximum absolute atomic E-state index is 12.0. The summed E-state index contributed by atoms with van der Waals surface area (Å²) in [4.78, 5) is 12.0. The van der Waals surface area contributed by atoms with Gasteiger partial charge in [-0.2, -0.15) is 0 Å². The molecule has 2 aromatic carbocycles. The number of halogens is 1. The zero-order valence-electron chi connectivity index (χ0n) is 11.7. The van der Waals surface area contributed by atoms with Crippen molar-refractivity contribution in [1.82, 2.24) is 0 Å². The first kappa shape index (κ1) is 14.6. The topological polar surface area (TPSA) is 29.1 Å². The van der Waals surface area contributed by atoms with Gasteiger partial charge in [0.15, 0.2) is 0 Å². The zero-order valence-corrected chi connectivity index (χ0v) is 12.4. The van der Waals surface area contributed by atoms with Crippen molar-refractivity contribution in [2.75, 3.05) is 5.32 Å². The Labute approximate surface area is 124 Å². The number of anilines is 1. The van der Waals surface area contributed by atoms with Crippen molar-refractivity contribution in [2.45, 2.75) is 26.2 Å². The summed E-state index contributed by atoms with van der Waals surface area (Å²) in [6.07, 6.45) is 0.366. The van der Waals surface area contributed by atoms with Crippen LogP contribution in [0.1, 0.15) is 30.9 Å². The summed E-state index contributed by atoms with van der Waals surface area (Å²) in [5.41, 5.74) is 3.01. The maximum atomic E-state index is 12.0. The summed E-state index contributed by atoms with van der Waals surface area (Å²) in [7, 11) is 0. The average molecular weight is 288 g/mol. The Balaban J connectivity index is 1.97. The van der Waals surface area contributed by atoms with Gasteiger partial charge in [-0.3, -0.25) is 4.79 Å². The van der Waals surface area contributed by atoms with E-state index in [1.165, 1.54) is 5.56 Å². The van der Waals surface area contributed by atoms with Crippen molar-refractivity contribution in [3.05, 3.63) is 64.7 Å². The largest absolute Gasteiger partial charge is 0.326 e. The van der Waals surface area contributed by atoms with Gasteiger partial charge in [0.1, 0.15) is 0 Å². The number of benzene rings is 2. The third-order valence-electron chi connectivity index (χ3n) is 3.12. The molecule has 0 heterocycles. The Bertz CT molecular complexity index is 590. The van der Waals surface area contributed by atoms with E-state index < -0.39 is 0 Å². The van der Waals surface area contributed by atoms with Gasteiger partial charge in [-0.05, 0) is 35.2 Å². The summed E-state index contributed by atoms with van der Waals surface area (Å²) in [5.74, 6) is 0.467.